The Morgan fingerprint density at radius 1 is 1.46 bits per heavy atom. The number of thiocarbonyl (C=S) groups is 1. The molecule has 0 bridgehead atoms. The number of aliphatic hydroxyl groups excluding tert-OH is 1. The largest absolute Gasteiger partial charge is 0.504 e. The van der Waals surface area contributed by atoms with Gasteiger partial charge in [-0.15, -0.1) is 0 Å². The van der Waals surface area contributed by atoms with Crippen LogP contribution in [-0.2, 0) is 4.74 Å². The van der Waals surface area contributed by atoms with E-state index >= 15 is 0 Å². The predicted octanol–water partition coefficient (Wildman–Crippen LogP) is 2.90. The first-order chi connectivity index (χ1) is 5.90. The molecule has 3 heteroatoms. The van der Waals surface area contributed by atoms with E-state index in [9.17, 15) is 5.11 Å². The summed E-state index contributed by atoms with van der Waals surface area (Å²) in [5, 5.41) is 9.48. The maximum absolute atomic E-state index is 9.48. The summed E-state index contributed by atoms with van der Waals surface area (Å²) in [4.78, 5) is 0.662. The minimum atomic E-state index is -0.321. The van der Waals surface area contributed by atoms with Crippen molar-refractivity contribution in [1.29, 1.82) is 0 Å². The number of ether oxygens (including phenoxy) is 1. The zero-order valence-electron chi connectivity index (χ0n) is 8.13. The molecule has 13 heavy (non-hydrogen) atoms. The molecule has 0 aliphatic heterocycles. The highest BCUT2D eigenvalue weighted by molar-refractivity contribution is 7.80. The van der Waals surface area contributed by atoms with Crippen molar-refractivity contribution in [1.82, 2.24) is 0 Å². The summed E-state index contributed by atoms with van der Waals surface area (Å²) >= 11 is 5.08. The zero-order valence-corrected chi connectivity index (χ0v) is 8.94. The molecule has 72 valence electrons. The van der Waals surface area contributed by atoms with Gasteiger partial charge in [0, 0.05) is 6.42 Å². The van der Waals surface area contributed by atoms with Crippen molar-refractivity contribution in [3.8, 4) is 0 Å². The average molecular weight is 198 g/mol. The molecule has 0 unspecified atom stereocenters. The van der Waals surface area contributed by atoms with Crippen molar-refractivity contribution in [2.75, 3.05) is 0 Å². The zero-order chi connectivity index (χ0) is 10.1. The van der Waals surface area contributed by atoms with Gasteiger partial charge in [0.25, 0.3) is 0 Å². The molecule has 2 nitrogen and oxygen atoms in total. The lowest BCUT2D eigenvalue weighted by Gasteiger charge is -2.25. The molecule has 0 saturated carbocycles. The Bertz CT molecular complexity index is 282. The normalized spacial score (nSPS) is 17.9. The van der Waals surface area contributed by atoms with Gasteiger partial charge in [-0.2, -0.15) is 0 Å². The summed E-state index contributed by atoms with van der Waals surface area (Å²) in [6.45, 7) is 5.77. The molecule has 0 aromatic rings. The number of hydrogen-bond donors (Lipinski definition) is 1. The van der Waals surface area contributed by atoms with E-state index in [1.807, 2.05) is 26.8 Å². The number of allylic oxidation sites excluding steroid dienone is 3. The highest BCUT2D eigenvalue weighted by atomic mass is 32.1. The van der Waals surface area contributed by atoms with E-state index in [0.29, 0.717) is 17.0 Å². The highest BCUT2D eigenvalue weighted by Crippen LogP contribution is 2.22. The van der Waals surface area contributed by atoms with Crippen LogP contribution in [0, 0.1) is 0 Å². The van der Waals surface area contributed by atoms with E-state index < -0.39 is 0 Å². The third kappa shape index (κ3) is 2.84. The van der Waals surface area contributed by atoms with Crippen LogP contribution in [0.4, 0.5) is 0 Å². The van der Waals surface area contributed by atoms with Crippen LogP contribution >= 0.6 is 12.2 Å². The van der Waals surface area contributed by atoms with Gasteiger partial charge in [-0.3, -0.25) is 0 Å². The molecule has 0 heterocycles. The fourth-order valence-electron chi connectivity index (χ4n) is 1.00. The summed E-state index contributed by atoms with van der Waals surface area (Å²) in [6, 6.07) is 0. The van der Waals surface area contributed by atoms with E-state index in [2.05, 4.69) is 0 Å². The number of rotatable bonds is 1. The molecule has 0 aromatic carbocycles. The fraction of sp³-hybridized carbons (Fsp3) is 0.500. The lowest BCUT2D eigenvalue weighted by Crippen LogP contribution is -2.23. The Labute approximate surface area is 83.9 Å². The molecule has 0 atom stereocenters. The Morgan fingerprint density at radius 3 is 2.54 bits per heavy atom. The molecule has 0 fully saturated rings. The first-order valence-corrected chi connectivity index (χ1v) is 4.63. The van der Waals surface area contributed by atoms with Crippen LogP contribution in [0.3, 0.4) is 0 Å². The molecular weight excluding hydrogens is 184 g/mol. The standard InChI is InChI=1S/C10H14O2S/c1-10(2,3)12-9-7(11)5-4-6-8(9)13/h4-5,11H,6H2,1-3H3. The average Bonchev–Trinajstić information content (AvgIpc) is 1.95. The summed E-state index contributed by atoms with van der Waals surface area (Å²) in [5.74, 6) is 0.580. The molecule has 0 aromatic heterocycles. The molecule has 1 N–H and O–H groups in total. The van der Waals surface area contributed by atoms with Crippen molar-refractivity contribution < 1.29 is 9.84 Å². The quantitative estimate of drug-likeness (QED) is 0.657. The highest BCUT2D eigenvalue weighted by Gasteiger charge is 2.21. The van der Waals surface area contributed by atoms with Gasteiger partial charge in [0.05, 0.1) is 4.86 Å². The number of hydrogen-bond acceptors (Lipinski definition) is 3. The minimum Gasteiger partial charge on any atom is -0.504 e. The van der Waals surface area contributed by atoms with Crippen molar-refractivity contribution in [3.63, 3.8) is 0 Å². The maximum atomic E-state index is 9.48. The summed E-state index contributed by atoms with van der Waals surface area (Å²) in [6.07, 6.45) is 4.12. The molecule has 0 saturated heterocycles. The van der Waals surface area contributed by atoms with Crippen LogP contribution in [0.25, 0.3) is 0 Å². The van der Waals surface area contributed by atoms with Gasteiger partial charge >= 0.3 is 0 Å². The second-order valence-electron chi connectivity index (χ2n) is 3.96. The first kappa shape index (κ1) is 10.3. The molecule has 1 aliphatic carbocycles. The van der Waals surface area contributed by atoms with Gasteiger partial charge in [-0.05, 0) is 26.8 Å². The van der Waals surface area contributed by atoms with Crippen LogP contribution in [-0.4, -0.2) is 15.6 Å². The second-order valence-corrected chi connectivity index (χ2v) is 4.45. The number of aliphatic hydroxyl groups is 1. The second kappa shape index (κ2) is 3.50. The summed E-state index contributed by atoms with van der Waals surface area (Å²) < 4.78 is 5.54. The first-order valence-electron chi connectivity index (χ1n) is 4.22. The third-order valence-corrected chi connectivity index (χ3v) is 1.83. The van der Waals surface area contributed by atoms with Gasteiger partial charge in [0.2, 0.25) is 0 Å². The Kier molecular flexibility index (Phi) is 2.76. The van der Waals surface area contributed by atoms with Crippen molar-refractivity contribution in [2.45, 2.75) is 32.8 Å². The van der Waals surface area contributed by atoms with Crippen molar-refractivity contribution >= 4 is 17.1 Å². The van der Waals surface area contributed by atoms with Gasteiger partial charge in [-0.1, -0.05) is 18.3 Å². The summed E-state index contributed by atoms with van der Waals surface area (Å²) in [5.41, 5.74) is -0.321. The van der Waals surface area contributed by atoms with Crippen LogP contribution in [0.2, 0.25) is 0 Å². The van der Waals surface area contributed by atoms with Gasteiger partial charge in [0.15, 0.2) is 11.5 Å². The van der Waals surface area contributed by atoms with Crippen LogP contribution in [0.15, 0.2) is 23.7 Å². The lowest BCUT2D eigenvalue weighted by atomic mass is 10.1. The van der Waals surface area contributed by atoms with Crippen LogP contribution < -0.4 is 0 Å². The Balaban J connectivity index is 2.87. The van der Waals surface area contributed by atoms with E-state index in [-0.39, 0.29) is 11.4 Å². The molecular formula is C10H14O2S. The van der Waals surface area contributed by atoms with Gasteiger partial charge < -0.3 is 9.84 Å². The lowest BCUT2D eigenvalue weighted by molar-refractivity contribution is 0.0574. The monoisotopic (exact) mass is 198 g/mol. The van der Waals surface area contributed by atoms with Crippen LogP contribution in [0.5, 0.6) is 0 Å². The fourth-order valence-corrected chi connectivity index (χ4v) is 1.25. The van der Waals surface area contributed by atoms with Gasteiger partial charge in [0.1, 0.15) is 5.60 Å². The molecule has 0 spiro atoms. The predicted molar refractivity (Wildman–Crippen MR) is 56.8 cm³/mol. The van der Waals surface area contributed by atoms with Crippen molar-refractivity contribution in [3.05, 3.63) is 23.7 Å². The minimum absolute atomic E-state index is 0.131. The smallest absolute Gasteiger partial charge is 0.175 e. The van der Waals surface area contributed by atoms with E-state index in [4.69, 9.17) is 17.0 Å². The van der Waals surface area contributed by atoms with Crippen molar-refractivity contribution in [2.24, 2.45) is 0 Å². The molecule has 1 rings (SSSR count). The van der Waals surface area contributed by atoms with E-state index in [1.54, 1.807) is 6.08 Å². The van der Waals surface area contributed by atoms with E-state index in [0.717, 1.165) is 0 Å². The van der Waals surface area contributed by atoms with Crippen LogP contribution in [0.1, 0.15) is 27.2 Å². The molecule has 1 aliphatic rings. The summed E-state index contributed by atoms with van der Waals surface area (Å²) in [7, 11) is 0. The Morgan fingerprint density at radius 2 is 2.08 bits per heavy atom. The van der Waals surface area contributed by atoms with Gasteiger partial charge in [-0.25, -0.2) is 0 Å². The molecule has 0 radical (unpaired) electrons. The molecule has 0 amide bonds. The third-order valence-electron chi connectivity index (χ3n) is 1.47. The maximum Gasteiger partial charge on any atom is 0.175 e. The Hall–Kier alpha value is -0.830. The SMILES string of the molecule is CC(C)(C)OC1=C(O)C=CCC1=S. The topological polar surface area (TPSA) is 29.5 Å². The van der Waals surface area contributed by atoms with E-state index in [1.165, 1.54) is 0 Å².